The smallest absolute Gasteiger partial charge is 0.343 e. The number of pyridine rings is 1. The van der Waals surface area contributed by atoms with Crippen LogP contribution < -0.4 is 10.2 Å². The van der Waals surface area contributed by atoms with E-state index >= 15 is 0 Å². The molecule has 26 heavy (non-hydrogen) atoms. The highest BCUT2D eigenvalue weighted by Crippen LogP contribution is 2.27. The van der Waals surface area contributed by atoms with Gasteiger partial charge in [-0.05, 0) is 30.9 Å². The lowest BCUT2D eigenvalue weighted by molar-refractivity contribution is 0.0524. The standard InChI is InChI=1S/C18H18N2O4S2/c1-4-24-17(22)13-10-20(9-11-5-7-12(23-2)8-6-11)16-15(14(13)21)26-18(19-16)25-3/h5-8,10H,4,9H2,1-3H3. The first-order valence-corrected chi connectivity index (χ1v) is 9.99. The summed E-state index contributed by atoms with van der Waals surface area (Å²) in [7, 11) is 1.62. The fourth-order valence-electron chi connectivity index (χ4n) is 2.52. The fourth-order valence-corrected chi connectivity index (χ4v) is 4.05. The second-order valence-corrected chi connectivity index (χ2v) is 7.46. The van der Waals surface area contributed by atoms with Crippen molar-refractivity contribution in [2.24, 2.45) is 0 Å². The highest BCUT2D eigenvalue weighted by Gasteiger charge is 2.19. The van der Waals surface area contributed by atoms with Gasteiger partial charge < -0.3 is 14.0 Å². The minimum Gasteiger partial charge on any atom is -0.497 e. The molecular formula is C18H18N2O4S2. The minimum absolute atomic E-state index is 0.0316. The van der Waals surface area contributed by atoms with Gasteiger partial charge in [-0.1, -0.05) is 23.9 Å². The van der Waals surface area contributed by atoms with Crippen LogP contribution in [0.1, 0.15) is 22.8 Å². The number of hydrogen-bond donors (Lipinski definition) is 0. The zero-order valence-corrected chi connectivity index (χ0v) is 16.3. The first kappa shape index (κ1) is 18.5. The number of carbonyl (C=O) groups is 1. The fraction of sp³-hybridized carbons (Fsp3) is 0.278. The van der Waals surface area contributed by atoms with Gasteiger partial charge in [0, 0.05) is 12.7 Å². The predicted octanol–water partition coefficient (Wildman–Crippen LogP) is 3.41. The molecule has 2 heterocycles. The second kappa shape index (κ2) is 7.92. The van der Waals surface area contributed by atoms with Gasteiger partial charge in [0.15, 0.2) is 9.99 Å². The largest absolute Gasteiger partial charge is 0.497 e. The van der Waals surface area contributed by atoms with Crippen molar-refractivity contribution in [3.8, 4) is 5.75 Å². The number of nitrogens with zero attached hydrogens (tertiary/aromatic N) is 2. The Morgan fingerprint density at radius 2 is 2.04 bits per heavy atom. The predicted molar refractivity (Wildman–Crippen MR) is 104 cm³/mol. The number of methoxy groups -OCH3 is 1. The summed E-state index contributed by atoms with van der Waals surface area (Å²) in [5.41, 5.74) is 1.28. The van der Waals surface area contributed by atoms with E-state index in [9.17, 15) is 9.59 Å². The van der Waals surface area contributed by atoms with E-state index in [1.165, 1.54) is 29.3 Å². The van der Waals surface area contributed by atoms with Crippen molar-refractivity contribution < 1.29 is 14.3 Å². The molecule has 2 aromatic heterocycles. The van der Waals surface area contributed by atoms with Crippen molar-refractivity contribution in [2.45, 2.75) is 17.8 Å². The van der Waals surface area contributed by atoms with Crippen molar-refractivity contribution in [1.29, 1.82) is 0 Å². The Morgan fingerprint density at radius 3 is 2.65 bits per heavy atom. The molecule has 0 radical (unpaired) electrons. The Balaban J connectivity index is 2.11. The van der Waals surface area contributed by atoms with Crippen LogP contribution in [0.3, 0.4) is 0 Å². The molecule has 0 spiro atoms. The van der Waals surface area contributed by atoms with E-state index in [-0.39, 0.29) is 17.6 Å². The van der Waals surface area contributed by atoms with Crippen LogP contribution in [-0.2, 0) is 11.3 Å². The molecule has 0 unspecified atom stereocenters. The number of carbonyl (C=O) groups excluding carboxylic acids is 1. The van der Waals surface area contributed by atoms with Crippen molar-refractivity contribution in [3.63, 3.8) is 0 Å². The zero-order chi connectivity index (χ0) is 18.7. The Labute approximate surface area is 158 Å². The van der Waals surface area contributed by atoms with Gasteiger partial charge in [-0.25, -0.2) is 9.78 Å². The molecule has 136 valence electrons. The van der Waals surface area contributed by atoms with Crippen molar-refractivity contribution in [2.75, 3.05) is 20.0 Å². The second-order valence-electron chi connectivity index (χ2n) is 5.40. The molecule has 0 saturated heterocycles. The Hall–Kier alpha value is -2.32. The van der Waals surface area contributed by atoms with Gasteiger partial charge in [0.2, 0.25) is 5.43 Å². The summed E-state index contributed by atoms with van der Waals surface area (Å²) in [5.74, 6) is 0.159. The molecule has 0 bridgehead atoms. The molecule has 3 rings (SSSR count). The number of hydrogen-bond acceptors (Lipinski definition) is 7. The topological polar surface area (TPSA) is 70.4 Å². The quantitative estimate of drug-likeness (QED) is 0.474. The first-order valence-electron chi connectivity index (χ1n) is 7.95. The molecule has 0 N–H and O–H groups in total. The van der Waals surface area contributed by atoms with Crippen LogP contribution in [0.25, 0.3) is 10.3 Å². The highest BCUT2D eigenvalue weighted by molar-refractivity contribution is 8.00. The van der Waals surface area contributed by atoms with Crippen molar-refractivity contribution >= 4 is 39.4 Å². The van der Waals surface area contributed by atoms with Crippen LogP contribution in [0, 0.1) is 0 Å². The molecule has 0 aliphatic rings. The highest BCUT2D eigenvalue weighted by atomic mass is 32.2. The van der Waals surface area contributed by atoms with Crippen molar-refractivity contribution in [3.05, 3.63) is 51.8 Å². The van der Waals surface area contributed by atoms with E-state index in [1.807, 2.05) is 35.1 Å². The Morgan fingerprint density at radius 1 is 1.31 bits per heavy atom. The Bertz CT molecular complexity index is 993. The van der Waals surface area contributed by atoms with Crippen LogP contribution in [0.5, 0.6) is 5.75 Å². The molecule has 0 atom stereocenters. The zero-order valence-electron chi connectivity index (χ0n) is 14.6. The summed E-state index contributed by atoms with van der Waals surface area (Å²) in [6.07, 6.45) is 3.44. The third kappa shape index (κ3) is 3.61. The van der Waals surface area contributed by atoms with E-state index in [0.717, 1.165) is 15.7 Å². The monoisotopic (exact) mass is 390 g/mol. The number of rotatable bonds is 6. The Kier molecular flexibility index (Phi) is 5.63. The van der Waals surface area contributed by atoms with Gasteiger partial charge in [0.1, 0.15) is 16.0 Å². The van der Waals surface area contributed by atoms with Gasteiger partial charge in [-0.3, -0.25) is 4.79 Å². The molecule has 0 aliphatic carbocycles. The third-order valence-corrected chi connectivity index (χ3v) is 5.81. The lowest BCUT2D eigenvalue weighted by Gasteiger charge is -2.10. The lowest BCUT2D eigenvalue weighted by Crippen LogP contribution is -2.20. The number of fused-ring (bicyclic) bond motifs is 1. The van der Waals surface area contributed by atoms with E-state index in [4.69, 9.17) is 9.47 Å². The number of thiazole rings is 1. The van der Waals surface area contributed by atoms with Crippen LogP contribution in [0.15, 0.2) is 39.6 Å². The molecule has 3 aromatic rings. The average molecular weight is 390 g/mol. The van der Waals surface area contributed by atoms with Gasteiger partial charge in [0.25, 0.3) is 0 Å². The molecule has 8 heteroatoms. The van der Waals surface area contributed by atoms with Gasteiger partial charge >= 0.3 is 5.97 Å². The molecule has 0 fully saturated rings. The maximum atomic E-state index is 12.7. The van der Waals surface area contributed by atoms with Crippen LogP contribution in [0.2, 0.25) is 0 Å². The molecule has 1 aromatic carbocycles. The van der Waals surface area contributed by atoms with E-state index in [2.05, 4.69) is 4.98 Å². The number of benzene rings is 1. The molecular weight excluding hydrogens is 372 g/mol. The average Bonchev–Trinajstić information content (AvgIpc) is 3.10. The molecule has 0 aliphatic heterocycles. The maximum Gasteiger partial charge on any atom is 0.343 e. The van der Waals surface area contributed by atoms with Crippen LogP contribution in [-0.4, -0.2) is 35.5 Å². The summed E-state index contributed by atoms with van der Waals surface area (Å²) in [4.78, 5) is 29.4. The lowest BCUT2D eigenvalue weighted by atomic mass is 10.2. The summed E-state index contributed by atoms with van der Waals surface area (Å²) in [5, 5.41) is 0. The number of aromatic nitrogens is 2. The van der Waals surface area contributed by atoms with Crippen LogP contribution in [0.4, 0.5) is 0 Å². The van der Waals surface area contributed by atoms with E-state index < -0.39 is 5.97 Å². The summed E-state index contributed by atoms with van der Waals surface area (Å²) < 4.78 is 13.3. The van der Waals surface area contributed by atoms with Gasteiger partial charge in [0.05, 0.1) is 13.7 Å². The van der Waals surface area contributed by atoms with Gasteiger partial charge in [-0.15, -0.1) is 11.3 Å². The van der Waals surface area contributed by atoms with E-state index in [0.29, 0.717) is 16.9 Å². The molecule has 0 amide bonds. The van der Waals surface area contributed by atoms with Gasteiger partial charge in [-0.2, -0.15) is 0 Å². The van der Waals surface area contributed by atoms with Crippen molar-refractivity contribution in [1.82, 2.24) is 9.55 Å². The normalized spacial score (nSPS) is 10.9. The summed E-state index contributed by atoms with van der Waals surface area (Å²) in [6, 6.07) is 7.62. The van der Waals surface area contributed by atoms with E-state index in [1.54, 1.807) is 14.0 Å². The maximum absolute atomic E-state index is 12.7. The summed E-state index contributed by atoms with van der Waals surface area (Å²) >= 11 is 2.77. The SMILES string of the molecule is CCOC(=O)c1cn(Cc2ccc(OC)cc2)c2nc(SC)sc2c1=O. The molecule has 0 saturated carbocycles. The third-order valence-electron chi connectivity index (χ3n) is 3.78. The number of thioether (sulfide) groups is 1. The molecule has 6 nitrogen and oxygen atoms in total. The minimum atomic E-state index is -0.609. The first-order chi connectivity index (χ1) is 12.6. The summed E-state index contributed by atoms with van der Waals surface area (Å²) in [6.45, 7) is 2.41. The number of esters is 1. The number of ether oxygens (including phenoxy) is 2. The van der Waals surface area contributed by atoms with Crippen LogP contribution >= 0.6 is 23.1 Å².